The van der Waals surface area contributed by atoms with Crippen molar-refractivity contribution in [1.82, 2.24) is 0 Å². The molecule has 18 rings (SSSR count). The monoisotopic (exact) mass is 1230 g/mol. The lowest BCUT2D eigenvalue weighted by molar-refractivity contribution is 1.25. The van der Waals surface area contributed by atoms with Gasteiger partial charge in [-0.25, -0.2) is 0 Å². The van der Waals surface area contributed by atoms with Crippen LogP contribution in [-0.4, -0.2) is 28.9 Å². The van der Waals surface area contributed by atoms with E-state index < -0.39 is 15.5 Å². The van der Waals surface area contributed by atoms with Crippen LogP contribution < -0.4 is 57.6 Å². The van der Waals surface area contributed by atoms with Gasteiger partial charge in [-0.2, -0.15) is 11.1 Å². The minimum absolute atomic E-state index is 0.102. The Morgan fingerprint density at radius 2 is 0.511 bits per heavy atom. The van der Waals surface area contributed by atoms with Crippen molar-refractivity contribution in [2.75, 3.05) is 19.6 Å². The third kappa shape index (κ3) is 9.65. The molecule has 14 aromatic carbocycles. The van der Waals surface area contributed by atoms with E-state index in [1.54, 1.807) is 0 Å². The van der Waals surface area contributed by atoms with Crippen molar-refractivity contribution in [3.8, 4) is 0 Å². The van der Waals surface area contributed by atoms with Gasteiger partial charge in [-0.3, -0.25) is 0 Å². The van der Waals surface area contributed by atoms with Gasteiger partial charge in [0.15, 0.2) is 0 Å². The van der Waals surface area contributed by atoms with Gasteiger partial charge in [-0.1, -0.05) is 263 Å². The fourth-order valence-corrected chi connectivity index (χ4v) is 16.1. The number of para-hydroxylation sites is 4. The zero-order valence-electron chi connectivity index (χ0n) is 53.0. The van der Waals surface area contributed by atoms with Crippen molar-refractivity contribution in [2.45, 2.75) is 46.2 Å². The summed E-state index contributed by atoms with van der Waals surface area (Å²) in [5.41, 5.74) is 24.4. The molecule has 0 saturated heterocycles. The summed E-state index contributed by atoms with van der Waals surface area (Å²) in [7, 11) is -2.88. The van der Waals surface area contributed by atoms with Crippen LogP contribution in [0.25, 0.3) is 43.1 Å². The van der Waals surface area contributed by atoms with Crippen LogP contribution in [0.5, 0.6) is 0 Å². The first-order chi connectivity index (χ1) is 44.8. The summed E-state index contributed by atoms with van der Waals surface area (Å²) in [6.45, 7) is 16.1. The highest BCUT2D eigenvalue weighted by molar-refractivity contribution is 7.18. The number of rotatable bonds is 5. The summed E-state index contributed by atoms with van der Waals surface area (Å²) in [5, 5.41) is 11.6. The molecule has 4 aliphatic heterocycles. The summed E-state index contributed by atoms with van der Waals surface area (Å²) in [5.74, 6) is 0. The van der Waals surface area contributed by atoms with Gasteiger partial charge in [-0.05, 0) is 140 Å². The Kier molecular flexibility index (Phi) is 14.0. The van der Waals surface area contributed by atoms with Gasteiger partial charge in [0.25, 0.3) is 13.4 Å². The number of hydrogen-bond acceptors (Lipinski definition) is 4. The van der Waals surface area contributed by atoms with Crippen LogP contribution in [0.4, 0.5) is 68.2 Å². The third-order valence-corrected chi connectivity index (χ3v) is 20.8. The molecule has 0 aliphatic carbocycles. The van der Waals surface area contributed by atoms with Crippen LogP contribution in [-0.2, 0) is 0 Å². The predicted octanol–water partition coefficient (Wildman–Crippen LogP) is 19.1. The predicted molar refractivity (Wildman–Crippen MR) is 408 cm³/mol. The van der Waals surface area contributed by atoms with Gasteiger partial charge >= 0.3 is 0 Å². The van der Waals surface area contributed by atoms with Crippen LogP contribution in [0, 0.1) is 6.92 Å². The van der Waals surface area contributed by atoms with Gasteiger partial charge in [0.2, 0.25) is 0 Å². The van der Waals surface area contributed by atoms with Crippen LogP contribution in [0.15, 0.2) is 291 Å². The Morgan fingerprint density at radius 1 is 0.283 bits per heavy atom. The molecule has 4 heterocycles. The summed E-state index contributed by atoms with van der Waals surface area (Å²) in [6.07, 6.45) is 0. The topological polar surface area (TPSA) is 13.0 Å². The van der Waals surface area contributed by atoms with Crippen molar-refractivity contribution >= 4 is 189 Å². The molecule has 4 nitrogen and oxygen atoms in total. The van der Waals surface area contributed by atoms with Gasteiger partial charge in [-0.15, -0.1) is 0 Å². The quantitative estimate of drug-likeness (QED) is 0.126. The summed E-state index contributed by atoms with van der Waals surface area (Å²) < 4.78 is 0. The Balaban J connectivity index is 0.000000137. The number of fused-ring (bicyclic) bond motifs is 16. The molecule has 0 N–H and O–H groups in total. The fourth-order valence-electron chi connectivity index (χ4n) is 15.0. The maximum atomic E-state index is 5.67. The van der Waals surface area contributed by atoms with E-state index in [-0.39, 0.29) is 13.4 Å². The SMILES string of the molecule is C[Si](C)(C)Cl.C[Si](C)(C)c1cc2c3c(c1)N(c1ccccc1)c1c(ccc4ccccc14)B3c1ccc3ccccc3c1N2c1ccccc1.Cc1cc2c3c(c1)N(c1ccccc1)c1c(ccc4ccccc14)B3c1ccc3ccccc3c1N2c1ccccc1. The second-order valence-corrected chi connectivity index (χ2v) is 39.5. The summed E-state index contributed by atoms with van der Waals surface area (Å²) in [4.78, 5) is 10.1. The molecule has 14 aromatic rings. The van der Waals surface area contributed by atoms with Crippen LogP contribution in [0.2, 0.25) is 39.3 Å². The smallest absolute Gasteiger partial charge is 0.252 e. The lowest BCUT2D eigenvalue weighted by Gasteiger charge is -2.45. The Labute approximate surface area is 548 Å². The average Bonchev–Trinajstić information content (AvgIpc) is 0.697. The highest BCUT2D eigenvalue weighted by Crippen LogP contribution is 2.50. The highest BCUT2D eigenvalue weighted by atomic mass is 35.6. The molecule has 0 unspecified atom stereocenters. The highest BCUT2D eigenvalue weighted by Gasteiger charge is 2.47. The average molecular weight is 1240 g/mol. The fraction of sp³-hybridized carbons (Fsp3) is 0.0843. The van der Waals surface area contributed by atoms with E-state index in [1.807, 2.05) is 0 Å². The lowest BCUT2D eigenvalue weighted by Crippen LogP contribution is -2.62. The van der Waals surface area contributed by atoms with Crippen molar-refractivity contribution in [3.05, 3.63) is 297 Å². The first-order valence-corrected chi connectivity index (χ1v) is 40.3. The Morgan fingerprint density at radius 3 is 0.761 bits per heavy atom. The van der Waals surface area contributed by atoms with Crippen LogP contribution in [0.3, 0.4) is 0 Å². The molecule has 0 aromatic heterocycles. The molecule has 0 amide bonds. The summed E-state index contributed by atoms with van der Waals surface area (Å²) >= 11 is 5.67. The standard InChI is InChI=1S/C41H33BN2Si.C39H27BN2.C3H9ClSi/c1-45(2,3)32-26-37-39-38(27-32)44(31-18-8-5-9-19-31)41-34-21-13-11-15-29(34)23-25-36(41)42(39)35-24-22-28-14-10-12-20-33(28)40(35)43(37)30-16-6-4-7-17-30;1-26-24-35-37-36(25-26)42(30-16-6-3-7-17-30)39-32-19-11-9-13-28(32)21-23-34(39)40(37)33-22-20-27-12-8-10-18-31(27)38(33)41(35)29-14-4-2-5-15-29;1-5(2,3)4/h4-27H,1-3H3;2-25H,1H3;1-3H3. The number of nitrogens with zero attached hydrogens (tertiary/aromatic N) is 4. The van der Waals surface area contributed by atoms with Gasteiger partial charge in [0.1, 0.15) is 7.38 Å². The second-order valence-electron chi connectivity index (χ2n) is 26.9. The van der Waals surface area contributed by atoms with Crippen LogP contribution in [0.1, 0.15) is 5.56 Å². The molecule has 442 valence electrons. The van der Waals surface area contributed by atoms with Crippen molar-refractivity contribution in [1.29, 1.82) is 0 Å². The van der Waals surface area contributed by atoms with E-state index >= 15 is 0 Å². The Hall–Kier alpha value is -9.83. The number of hydrogen-bond donors (Lipinski definition) is 0. The largest absolute Gasteiger partial charge is 0.311 e. The van der Waals surface area contributed by atoms with E-state index in [0.29, 0.717) is 0 Å². The molecule has 4 aliphatic rings. The molecule has 92 heavy (non-hydrogen) atoms. The maximum absolute atomic E-state index is 5.67. The molecule has 0 bridgehead atoms. The molecule has 0 saturated carbocycles. The molecule has 9 heteroatoms. The molecule has 0 spiro atoms. The lowest BCUT2D eigenvalue weighted by atomic mass is 9.33. The first kappa shape index (κ1) is 57.3. The van der Waals surface area contributed by atoms with E-state index in [2.05, 4.69) is 357 Å². The summed E-state index contributed by atoms with van der Waals surface area (Å²) in [6, 6.07) is 108. The maximum Gasteiger partial charge on any atom is 0.252 e. The van der Waals surface area contributed by atoms with Gasteiger partial charge < -0.3 is 19.6 Å². The van der Waals surface area contributed by atoms with E-state index in [0.717, 1.165) is 0 Å². The molecular formula is C83H69B2ClN4Si2. The van der Waals surface area contributed by atoms with E-state index in [1.165, 1.54) is 155 Å². The normalized spacial score (nSPS) is 13.3. The van der Waals surface area contributed by atoms with Gasteiger partial charge in [0, 0.05) is 89.8 Å². The Bertz CT molecular complexity index is 4900. The minimum atomic E-state index is -1.74. The van der Waals surface area contributed by atoms with Crippen molar-refractivity contribution in [2.24, 2.45) is 0 Å². The third-order valence-electron chi connectivity index (χ3n) is 18.7. The van der Waals surface area contributed by atoms with E-state index in [9.17, 15) is 0 Å². The number of aryl methyl sites for hydroxylation is 1. The molecule has 0 fully saturated rings. The number of benzene rings is 14. The zero-order valence-corrected chi connectivity index (χ0v) is 55.8. The second kappa shape index (κ2) is 22.5. The zero-order chi connectivity index (χ0) is 62.6. The molecule has 0 atom stereocenters. The molecular weight excluding hydrogens is 1170 g/mol. The van der Waals surface area contributed by atoms with Crippen molar-refractivity contribution in [3.63, 3.8) is 0 Å². The van der Waals surface area contributed by atoms with Crippen molar-refractivity contribution < 1.29 is 0 Å². The minimum Gasteiger partial charge on any atom is -0.311 e. The number of anilines is 12. The first-order valence-electron chi connectivity index (χ1n) is 32.3. The van der Waals surface area contributed by atoms with E-state index in [4.69, 9.17) is 11.1 Å². The molecule has 0 radical (unpaired) electrons. The van der Waals surface area contributed by atoms with Gasteiger partial charge in [0.05, 0.1) is 8.07 Å². The number of halogens is 1. The van der Waals surface area contributed by atoms with Crippen LogP contribution >= 0.6 is 11.1 Å².